The third-order valence-corrected chi connectivity index (χ3v) is 5.47. The second-order valence-electron chi connectivity index (χ2n) is 7.46. The van der Waals surface area contributed by atoms with Gasteiger partial charge in [0, 0.05) is 44.4 Å². The van der Waals surface area contributed by atoms with E-state index in [1.807, 2.05) is 0 Å². The Kier molecular flexibility index (Phi) is 5.88. The summed E-state index contributed by atoms with van der Waals surface area (Å²) in [7, 11) is 0. The van der Waals surface area contributed by atoms with Crippen LogP contribution < -0.4 is 5.32 Å². The minimum atomic E-state index is 0.646. The van der Waals surface area contributed by atoms with Crippen LogP contribution >= 0.6 is 0 Å². The van der Waals surface area contributed by atoms with Gasteiger partial charge in [-0.15, -0.1) is 0 Å². The van der Waals surface area contributed by atoms with Gasteiger partial charge in [-0.3, -0.25) is 4.90 Å². The van der Waals surface area contributed by atoms with E-state index in [2.05, 4.69) is 44.8 Å². The molecule has 0 aromatic heterocycles. The van der Waals surface area contributed by atoms with Crippen LogP contribution in [0.1, 0.15) is 47.5 Å². The summed E-state index contributed by atoms with van der Waals surface area (Å²) in [4.78, 5) is 2.81. The summed E-state index contributed by atoms with van der Waals surface area (Å²) in [6.45, 7) is 16.1. The zero-order valence-corrected chi connectivity index (χ0v) is 14.1. The van der Waals surface area contributed by atoms with Gasteiger partial charge < -0.3 is 10.1 Å². The molecule has 3 heteroatoms. The molecule has 2 rings (SSSR count). The molecule has 1 N–H and O–H groups in total. The molecule has 2 fully saturated rings. The second-order valence-corrected chi connectivity index (χ2v) is 7.46. The van der Waals surface area contributed by atoms with E-state index in [0.717, 1.165) is 31.6 Å². The highest BCUT2D eigenvalue weighted by Crippen LogP contribution is 2.28. The lowest BCUT2D eigenvalue weighted by molar-refractivity contribution is -0.0101. The van der Waals surface area contributed by atoms with Gasteiger partial charge in [0.2, 0.25) is 0 Å². The van der Waals surface area contributed by atoms with Gasteiger partial charge >= 0.3 is 0 Å². The number of hydrogen-bond acceptors (Lipinski definition) is 3. The fraction of sp³-hybridized carbons (Fsp3) is 1.00. The van der Waals surface area contributed by atoms with E-state index in [4.69, 9.17) is 4.74 Å². The Morgan fingerprint density at radius 1 is 1.00 bits per heavy atom. The number of nitrogens with one attached hydrogen (secondary N) is 1. The van der Waals surface area contributed by atoms with Crippen molar-refractivity contribution in [1.82, 2.24) is 10.2 Å². The van der Waals surface area contributed by atoms with Gasteiger partial charge in [0.25, 0.3) is 0 Å². The molecule has 2 heterocycles. The summed E-state index contributed by atoms with van der Waals surface area (Å²) in [6.07, 6.45) is 2.48. The van der Waals surface area contributed by atoms with Crippen molar-refractivity contribution in [2.45, 2.75) is 65.6 Å². The molecule has 2 aliphatic heterocycles. The molecule has 0 aromatic carbocycles. The van der Waals surface area contributed by atoms with Crippen molar-refractivity contribution in [3.05, 3.63) is 0 Å². The lowest BCUT2D eigenvalue weighted by Gasteiger charge is -2.49. The molecule has 3 atom stereocenters. The van der Waals surface area contributed by atoms with Crippen LogP contribution in [-0.4, -0.2) is 49.3 Å². The van der Waals surface area contributed by atoms with Crippen molar-refractivity contribution >= 4 is 0 Å². The van der Waals surface area contributed by atoms with E-state index in [1.165, 1.54) is 19.4 Å². The van der Waals surface area contributed by atoms with Crippen molar-refractivity contribution in [2.24, 2.45) is 17.8 Å². The van der Waals surface area contributed by atoms with Crippen LogP contribution in [0, 0.1) is 17.8 Å². The summed E-state index contributed by atoms with van der Waals surface area (Å²) >= 11 is 0. The van der Waals surface area contributed by atoms with E-state index < -0.39 is 0 Å². The molecule has 2 aliphatic rings. The molecule has 0 amide bonds. The minimum absolute atomic E-state index is 0.646. The quantitative estimate of drug-likeness (QED) is 0.858. The fourth-order valence-electron chi connectivity index (χ4n) is 3.82. The summed E-state index contributed by atoms with van der Waals surface area (Å²) < 4.78 is 5.54. The van der Waals surface area contributed by atoms with Gasteiger partial charge in [-0.1, -0.05) is 27.7 Å². The molecule has 2 saturated heterocycles. The van der Waals surface area contributed by atoms with E-state index in [9.17, 15) is 0 Å². The molecule has 20 heavy (non-hydrogen) atoms. The fourth-order valence-corrected chi connectivity index (χ4v) is 3.82. The van der Waals surface area contributed by atoms with Gasteiger partial charge in [0.05, 0.1) is 0 Å². The molecular weight excluding hydrogens is 248 g/mol. The first kappa shape index (κ1) is 16.3. The Balaban J connectivity index is 2.05. The van der Waals surface area contributed by atoms with Crippen LogP contribution in [0.2, 0.25) is 0 Å². The van der Waals surface area contributed by atoms with Gasteiger partial charge in [0.1, 0.15) is 0 Å². The predicted octanol–water partition coefficient (Wildman–Crippen LogP) is 2.76. The highest BCUT2D eigenvalue weighted by atomic mass is 16.5. The van der Waals surface area contributed by atoms with Gasteiger partial charge in [-0.25, -0.2) is 0 Å². The highest BCUT2D eigenvalue weighted by molar-refractivity contribution is 4.93. The van der Waals surface area contributed by atoms with Crippen molar-refractivity contribution in [2.75, 3.05) is 26.3 Å². The molecule has 0 spiro atoms. The number of hydrogen-bond donors (Lipinski definition) is 1. The van der Waals surface area contributed by atoms with Crippen molar-refractivity contribution in [3.63, 3.8) is 0 Å². The van der Waals surface area contributed by atoms with Crippen molar-refractivity contribution in [1.29, 1.82) is 0 Å². The predicted molar refractivity (Wildman–Crippen MR) is 85.0 cm³/mol. The van der Waals surface area contributed by atoms with Crippen LogP contribution in [0.5, 0.6) is 0 Å². The molecule has 118 valence electrons. The molecule has 3 unspecified atom stereocenters. The van der Waals surface area contributed by atoms with Crippen LogP contribution in [-0.2, 0) is 4.74 Å². The van der Waals surface area contributed by atoms with Crippen LogP contribution in [0.4, 0.5) is 0 Å². The van der Waals surface area contributed by atoms with Crippen LogP contribution in [0.3, 0.4) is 0 Å². The molecule has 0 saturated carbocycles. The number of nitrogens with zero attached hydrogens (tertiary/aromatic N) is 1. The molecule has 3 nitrogen and oxygen atoms in total. The number of ether oxygens (including phenoxy) is 1. The zero-order valence-electron chi connectivity index (χ0n) is 14.1. The maximum atomic E-state index is 5.54. The SMILES string of the molecule is CC(C)C1CN(C(C)C2CCOCC2)C(C(C)C)CN1. The van der Waals surface area contributed by atoms with E-state index in [0.29, 0.717) is 24.0 Å². The van der Waals surface area contributed by atoms with Gasteiger partial charge in [-0.2, -0.15) is 0 Å². The summed E-state index contributed by atoms with van der Waals surface area (Å²) in [5, 5.41) is 3.77. The largest absolute Gasteiger partial charge is 0.381 e. The standard InChI is InChI=1S/C17H34N2O/c1-12(2)16-11-19(17(10-18-16)13(3)4)14(5)15-6-8-20-9-7-15/h12-18H,6-11H2,1-5H3. The van der Waals surface area contributed by atoms with Crippen LogP contribution in [0.15, 0.2) is 0 Å². The van der Waals surface area contributed by atoms with Gasteiger partial charge in [-0.05, 0) is 37.5 Å². The molecule has 0 aromatic rings. The maximum absolute atomic E-state index is 5.54. The highest BCUT2D eigenvalue weighted by Gasteiger charge is 2.36. The molecule has 0 aliphatic carbocycles. The Bertz CT molecular complexity index is 287. The van der Waals surface area contributed by atoms with E-state index in [1.54, 1.807) is 0 Å². The summed E-state index contributed by atoms with van der Waals surface area (Å²) in [6, 6.07) is 2.02. The molecule has 0 bridgehead atoms. The molecule has 0 radical (unpaired) electrons. The topological polar surface area (TPSA) is 24.5 Å². The average Bonchev–Trinajstić information content (AvgIpc) is 2.46. The smallest absolute Gasteiger partial charge is 0.0469 e. The van der Waals surface area contributed by atoms with E-state index in [-0.39, 0.29) is 0 Å². The zero-order chi connectivity index (χ0) is 14.7. The lowest BCUT2D eigenvalue weighted by Crippen LogP contribution is -2.63. The summed E-state index contributed by atoms with van der Waals surface area (Å²) in [5.41, 5.74) is 0. The average molecular weight is 282 g/mol. The Labute approximate surface area is 125 Å². The lowest BCUT2D eigenvalue weighted by atomic mass is 9.86. The minimum Gasteiger partial charge on any atom is -0.381 e. The molecular formula is C17H34N2O. The summed E-state index contributed by atoms with van der Waals surface area (Å²) in [5.74, 6) is 2.25. The third kappa shape index (κ3) is 3.75. The van der Waals surface area contributed by atoms with Crippen molar-refractivity contribution in [3.8, 4) is 0 Å². The van der Waals surface area contributed by atoms with Crippen LogP contribution in [0.25, 0.3) is 0 Å². The first-order valence-electron chi connectivity index (χ1n) is 8.57. The van der Waals surface area contributed by atoms with Crippen molar-refractivity contribution < 1.29 is 4.74 Å². The Morgan fingerprint density at radius 2 is 1.65 bits per heavy atom. The first-order valence-corrected chi connectivity index (χ1v) is 8.57. The maximum Gasteiger partial charge on any atom is 0.0469 e. The Hall–Kier alpha value is -0.120. The normalized spacial score (nSPS) is 31.9. The van der Waals surface area contributed by atoms with Gasteiger partial charge in [0.15, 0.2) is 0 Å². The monoisotopic (exact) mass is 282 g/mol. The third-order valence-electron chi connectivity index (χ3n) is 5.47. The second kappa shape index (κ2) is 7.24. The first-order chi connectivity index (χ1) is 9.50. The Morgan fingerprint density at radius 3 is 2.20 bits per heavy atom. The van der Waals surface area contributed by atoms with E-state index >= 15 is 0 Å². The number of piperazine rings is 1. The number of rotatable bonds is 4.